The highest BCUT2D eigenvalue weighted by Crippen LogP contribution is 2.45. The molecule has 1 aliphatic carbocycles. The van der Waals surface area contributed by atoms with Crippen molar-refractivity contribution in [3.05, 3.63) is 81.3 Å². The van der Waals surface area contributed by atoms with E-state index in [-0.39, 0.29) is 16.9 Å². The maximum Gasteiger partial charge on any atom is 0.269 e. The lowest BCUT2D eigenvalue weighted by Gasteiger charge is -2.37. The highest BCUT2D eigenvalue weighted by atomic mass is 32.2. The number of carbonyl (C=O) groups excluding carboxylic acids is 1. The van der Waals surface area contributed by atoms with Crippen LogP contribution in [0.25, 0.3) is 0 Å². The van der Waals surface area contributed by atoms with E-state index in [1.807, 2.05) is 18.2 Å². The van der Waals surface area contributed by atoms with Gasteiger partial charge >= 0.3 is 0 Å². The summed E-state index contributed by atoms with van der Waals surface area (Å²) in [5.41, 5.74) is 3.20. The maximum absolute atomic E-state index is 13.2. The van der Waals surface area contributed by atoms with Gasteiger partial charge in [0.2, 0.25) is 11.1 Å². The quantitative estimate of drug-likeness (QED) is 0.334. The second-order valence-electron chi connectivity index (χ2n) is 8.99. The lowest BCUT2D eigenvalue weighted by molar-refractivity contribution is -0.384. The van der Waals surface area contributed by atoms with E-state index in [2.05, 4.69) is 29.1 Å². The summed E-state index contributed by atoms with van der Waals surface area (Å²) in [4.78, 5) is 32.8. The standard InChI is InChI=1S/C23H22N6O3S/c1-23(2)11-17-19(18(30)12-23)20(16-5-3-4-10-24-16)28-21(25-17)26-22(27-28)33-13-14-6-8-15(9-7-14)29(31)32/h3-10,20H,11-13H2,1-2H3,(H,25,26,27). The zero-order chi connectivity index (χ0) is 23.2. The Balaban J connectivity index is 1.46. The van der Waals surface area contributed by atoms with E-state index >= 15 is 0 Å². The maximum atomic E-state index is 13.2. The molecule has 0 fully saturated rings. The fourth-order valence-electron chi connectivity index (χ4n) is 4.32. The molecule has 0 saturated carbocycles. The Hall–Kier alpha value is -3.53. The average Bonchev–Trinajstić information content (AvgIpc) is 3.18. The molecule has 0 bridgehead atoms. The Bertz CT molecular complexity index is 1270. The molecule has 3 aromatic rings. The molecule has 2 aromatic heterocycles. The number of rotatable bonds is 5. The van der Waals surface area contributed by atoms with Crippen molar-refractivity contribution in [2.45, 2.75) is 43.6 Å². The van der Waals surface area contributed by atoms with Gasteiger partial charge in [-0.1, -0.05) is 43.8 Å². The van der Waals surface area contributed by atoms with Crippen molar-refractivity contribution in [3.63, 3.8) is 0 Å². The highest BCUT2D eigenvalue weighted by molar-refractivity contribution is 7.98. The number of nitrogens with one attached hydrogen (secondary N) is 1. The number of Topliss-reactive ketones (excluding diaryl/α,β-unsaturated/α-hetero) is 1. The SMILES string of the molecule is CC1(C)CC(=O)C2=C(C1)Nc1nc(SCc3ccc([N+](=O)[O-])cc3)nn1C2c1ccccn1. The number of nitrogens with zero attached hydrogens (tertiary/aromatic N) is 5. The number of carbonyl (C=O) groups is 1. The molecular formula is C23H22N6O3S. The largest absolute Gasteiger partial charge is 0.328 e. The zero-order valence-corrected chi connectivity index (χ0v) is 19.0. The van der Waals surface area contributed by atoms with E-state index in [1.54, 1.807) is 23.0 Å². The number of benzene rings is 1. The van der Waals surface area contributed by atoms with Gasteiger partial charge in [0.05, 0.1) is 10.6 Å². The molecule has 9 nitrogen and oxygen atoms in total. The van der Waals surface area contributed by atoms with Crippen molar-refractivity contribution < 1.29 is 9.72 Å². The summed E-state index contributed by atoms with van der Waals surface area (Å²) < 4.78 is 1.75. The summed E-state index contributed by atoms with van der Waals surface area (Å²) in [6.07, 6.45) is 2.94. The predicted octanol–water partition coefficient (Wildman–Crippen LogP) is 4.53. The van der Waals surface area contributed by atoms with E-state index < -0.39 is 11.0 Å². The van der Waals surface area contributed by atoms with E-state index in [4.69, 9.17) is 5.10 Å². The van der Waals surface area contributed by atoms with Crippen LogP contribution < -0.4 is 5.32 Å². The molecule has 5 rings (SSSR count). The Morgan fingerprint density at radius 1 is 1.21 bits per heavy atom. The van der Waals surface area contributed by atoms with E-state index in [9.17, 15) is 14.9 Å². The van der Waals surface area contributed by atoms with Crippen molar-refractivity contribution in [2.24, 2.45) is 5.41 Å². The highest BCUT2D eigenvalue weighted by Gasteiger charge is 2.42. The van der Waals surface area contributed by atoms with Crippen LogP contribution in [0.4, 0.5) is 11.6 Å². The molecule has 1 N–H and O–H groups in total. The van der Waals surface area contributed by atoms with Crippen molar-refractivity contribution >= 4 is 29.2 Å². The second kappa shape index (κ2) is 8.11. The fourth-order valence-corrected chi connectivity index (χ4v) is 5.11. The molecule has 1 aliphatic heterocycles. The van der Waals surface area contributed by atoms with Gasteiger partial charge in [0, 0.05) is 41.8 Å². The Labute approximate surface area is 194 Å². The molecule has 0 spiro atoms. The number of nitro benzene ring substituents is 1. The molecule has 0 radical (unpaired) electrons. The van der Waals surface area contributed by atoms with E-state index in [0.29, 0.717) is 28.9 Å². The molecule has 2 aliphatic rings. The Morgan fingerprint density at radius 2 is 2.00 bits per heavy atom. The summed E-state index contributed by atoms with van der Waals surface area (Å²) >= 11 is 1.44. The van der Waals surface area contributed by atoms with Crippen molar-refractivity contribution in [1.29, 1.82) is 0 Å². The molecular weight excluding hydrogens is 440 g/mol. The van der Waals surface area contributed by atoms with Gasteiger partial charge in [-0.3, -0.25) is 19.9 Å². The third-order valence-corrected chi connectivity index (χ3v) is 6.70. The van der Waals surface area contributed by atoms with E-state index in [0.717, 1.165) is 23.4 Å². The minimum Gasteiger partial charge on any atom is -0.328 e. The summed E-state index contributed by atoms with van der Waals surface area (Å²) in [6, 6.07) is 11.7. The minimum absolute atomic E-state index is 0.0611. The lowest BCUT2D eigenvalue weighted by Crippen LogP contribution is -2.36. The van der Waals surface area contributed by atoms with Crippen LogP contribution >= 0.6 is 11.8 Å². The van der Waals surface area contributed by atoms with Crippen LogP contribution in [0.2, 0.25) is 0 Å². The molecule has 168 valence electrons. The van der Waals surface area contributed by atoms with Gasteiger partial charge in [0.15, 0.2) is 5.78 Å². The summed E-state index contributed by atoms with van der Waals surface area (Å²) in [6.45, 7) is 4.19. The molecule has 3 heterocycles. The third-order valence-electron chi connectivity index (χ3n) is 5.80. The molecule has 10 heteroatoms. The number of allylic oxidation sites excluding steroid dienone is 2. The number of thioether (sulfide) groups is 1. The lowest BCUT2D eigenvalue weighted by atomic mass is 9.73. The number of aromatic nitrogens is 4. The average molecular weight is 463 g/mol. The van der Waals surface area contributed by atoms with Gasteiger partial charge < -0.3 is 5.32 Å². The van der Waals surface area contributed by atoms with Crippen LogP contribution in [-0.2, 0) is 10.5 Å². The normalized spacial score (nSPS) is 19.0. The summed E-state index contributed by atoms with van der Waals surface area (Å²) in [5, 5.41) is 19.5. The third kappa shape index (κ3) is 4.13. The number of nitro groups is 1. The molecule has 0 amide bonds. The minimum atomic E-state index is -0.428. The van der Waals surface area contributed by atoms with Crippen molar-refractivity contribution in [1.82, 2.24) is 19.7 Å². The van der Waals surface area contributed by atoms with E-state index in [1.165, 1.54) is 23.9 Å². The van der Waals surface area contributed by atoms with Crippen molar-refractivity contribution in [3.8, 4) is 0 Å². The molecule has 1 unspecified atom stereocenters. The fraction of sp³-hybridized carbons (Fsp3) is 0.304. The van der Waals surface area contributed by atoms with Crippen LogP contribution in [0.1, 0.15) is 44.0 Å². The Morgan fingerprint density at radius 3 is 2.70 bits per heavy atom. The first kappa shape index (κ1) is 21.3. The number of hydrogen-bond acceptors (Lipinski definition) is 8. The number of pyridine rings is 1. The van der Waals surface area contributed by atoms with Crippen LogP contribution in [0, 0.1) is 15.5 Å². The van der Waals surface area contributed by atoms with Crippen molar-refractivity contribution in [2.75, 3.05) is 5.32 Å². The number of hydrogen-bond donors (Lipinski definition) is 1. The first-order valence-electron chi connectivity index (χ1n) is 10.6. The first-order chi connectivity index (χ1) is 15.8. The van der Waals surface area contributed by atoms with Crippen LogP contribution in [0.5, 0.6) is 0 Å². The van der Waals surface area contributed by atoms with Gasteiger partial charge in [-0.05, 0) is 29.5 Å². The zero-order valence-electron chi connectivity index (χ0n) is 18.2. The second-order valence-corrected chi connectivity index (χ2v) is 9.93. The molecule has 1 aromatic carbocycles. The monoisotopic (exact) mass is 462 g/mol. The van der Waals surface area contributed by atoms with Gasteiger partial charge in [0.1, 0.15) is 6.04 Å². The molecule has 0 saturated heterocycles. The number of ketones is 1. The summed E-state index contributed by atoms with van der Waals surface area (Å²) in [7, 11) is 0. The Kier molecular flexibility index (Phi) is 5.24. The topological polar surface area (TPSA) is 116 Å². The van der Waals surface area contributed by atoms with Gasteiger partial charge in [0.25, 0.3) is 5.69 Å². The van der Waals surface area contributed by atoms with Gasteiger partial charge in [-0.25, -0.2) is 4.68 Å². The smallest absolute Gasteiger partial charge is 0.269 e. The van der Waals surface area contributed by atoms with Gasteiger partial charge in [-0.15, -0.1) is 5.10 Å². The number of anilines is 1. The number of non-ortho nitro benzene ring substituents is 1. The predicted molar refractivity (Wildman–Crippen MR) is 124 cm³/mol. The van der Waals surface area contributed by atoms with Crippen LogP contribution in [0.3, 0.4) is 0 Å². The van der Waals surface area contributed by atoms with Crippen LogP contribution in [-0.4, -0.2) is 30.5 Å². The molecule has 1 atom stereocenters. The molecule has 33 heavy (non-hydrogen) atoms. The van der Waals surface area contributed by atoms with Crippen LogP contribution in [0.15, 0.2) is 65.1 Å². The number of fused-ring (bicyclic) bond motifs is 1. The van der Waals surface area contributed by atoms with Gasteiger partial charge in [-0.2, -0.15) is 4.98 Å². The summed E-state index contributed by atoms with van der Waals surface area (Å²) in [5.74, 6) is 1.25. The first-order valence-corrected chi connectivity index (χ1v) is 11.6.